The molecule has 2 fully saturated rings. The Balaban J connectivity index is 0.00000363. The molecule has 2 N–H and O–H groups in total. The number of hydrogen-bond acceptors (Lipinski definition) is 4. The Labute approximate surface area is 210 Å². The van der Waals surface area contributed by atoms with Gasteiger partial charge in [-0.3, -0.25) is 14.7 Å². The Morgan fingerprint density at radius 2 is 1.94 bits per heavy atom. The van der Waals surface area contributed by atoms with E-state index in [1.165, 1.54) is 12.0 Å². The molecule has 1 aliphatic heterocycles. The zero-order valence-corrected chi connectivity index (χ0v) is 22.2. The maximum Gasteiger partial charge on any atom is 0.225 e. The Hall–Kier alpha value is -1.55. The average molecular weight is 558 g/mol. The zero-order valence-electron chi connectivity index (χ0n) is 19.9. The van der Waals surface area contributed by atoms with Crippen LogP contribution >= 0.6 is 24.0 Å². The van der Waals surface area contributed by atoms with Gasteiger partial charge in [0.2, 0.25) is 5.91 Å². The summed E-state index contributed by atoms with van der Waals surface area (Å²) in [6, 6.07) is 6.36. The Morgan fingerprint density at radius 1 is 1.19 bits per heavy atom. The van der Waals surface area contributed by atoms with Gasteiger partial charge in [-0.1, -0.05) is 18.6 Å². The highest BCUT2D eigenvalue weighted by molar-refractivity contribution is 14.0. The lowest BCUT2D eigenvalue weighted by molar-refractivity contribution is -0.139. The number of nitrogens with zero attached hydrogens (tertiary/aromatic N) is 3. The summed E-state index contributed by atoms with van der Waals surface area (Å²) in [5, 5.41) is 6.76. The molecular formula is C24H40IN5O2. The van der Waals surface area contributed by atoms with E-state index in [2.05, 4.69) is 52.5 Å². The third-order valence-electron chi connectivity index (χ3n) is 6.35. The van der Waals surface area contributed by atoms with Crippen molar-refractivity contribution >= 4 is 35.8 Å². The van der Waals surface area contributed by atoms with Crippen LogP contribution in [0.25, 0.3) is 0 Å². The predicted molar refractivity (Wildman–Crippen MR) is 141 cm³/mol. The van der Waals surface area contributed by atoms with Crippen molar-refractivity contribution in [2.75, 3.05) is 59.5 Å². The van der Waals surface area contributed by atoms with Crippen molar-refractivity contribution in [1.29, 1.82) is 0 Å². The number of piperazine rings is 1. The second kappa shape index (κ2) is 13.9. The van der Waals surface area contributed by atoms with E-state index < -0.39 is 0 Å². The summed E-state index contributed by atoms with van der Waals surface area (Å²) < 4.78 is 5.42. The van der Waals surface area contributed by atoms with Crippen LogP contribution in [-0.2, 0) is 11.2 Å². The quantitative estimate of drug-likeness (QED) is 0.278. The molecule has 1 heterocycles. The number of aliphatic imine (C=N–C) groups is 1. The average Bonchev–Trinajstić information content (AvgIpc) is 2.74. The molecule has 1 saturated carbocycles. The van der Waals surface area contributed by atoms with Crippen LogP contribution in [0.4, 0.5) is 0 Å². The van der Waals surface area contributed by atoms with Crippen LogP contribution in [0.2, 0.25) is 0 Å². The number of halogens is 1. The van der Waals surface area contributed by atoms with Gasteiger partial charge in [-0.25, -0.2) is 0 Å². The minimum Gasteiger partial charge on any atom is -0.496 e. The molecule has 0 spiro atoms. The number of benzene rings is 1. The zero-order chi connectivity index (χ0) is 22.1. The molecule has 3 rings (SSSR count). The molecule has 7 nitrogen and oxygen atoms in total. The predicted octanol–water partition coefficient (Wildman–Crippen LogP) is 2.66. The summed E-state index contributed by atoms with van der Waals surface area (Å²) in [5.41, 5.74) is 2.41. The fourth-order valence-electron chi connectivity index (χ4n) is 4.10. The Morgan fingerprint density at radius 3 is 2.56 bits per heavy atom. The number of hydrogen-bond donors (Lipinski definition) is 2. The first-order chi connectivity index (χ1) is 15.1. The Kier molecular flexibility index (Phi) is 11.6. The number of nitrogens with one attached hydrogen (secondary N) is 2. The van der Waals surface area contributed by atoms with Crippen LogP contribution in [0.3, 0.4) is 0 Å². The van der Waals surface area contributed by atoms with E-state index >= 15 is 0 Å². The van der Waals surface area contributed by atoms with Gasteiger partial charge >= 0.3 is 0 Å². The molecule has 0 unspecified atom stereocenters. The van der Waals surface area contributed by atoms with Gasteiger partial charge in [0.1, 0.15) is 5.75 Å². The smallest absolute Gasteiger partial charge is 0.225 e. The highest BCUT2D eigenvalue weighted by Crippen LogP contribution is 2.28. The van der Waals surface area contributed by atoms with Gasteiger partial charge in [-0.2, -0.15) is 0 Å². The maximum atomic E-state index is 12.4. The number of rotatable bonds is 9. The SMILES string of the molecule is CCNC(=NCCN1CCN(C(=O)C2CCC2)CC1)NCCc1ccc(C)c(OC)c1.I. The summed E-state index contributed by atoms with van der Waals surface area (Å²) >= 11 is 0. The molecule has 0 bridgehead atoms. The van der Waals surface area contributed by atoms with Crippen LogP contribution in [-0.4, -0.2) is 81.1 Å². The molecule has 1 amide bonds. The summed E-state index contributed by atoms with van der Waals surface area (Å²) in [7, 11) is 1.71. The van der Waals surface area contributed by atoms with Gasteiger partial charge in [-0.15, -0.1) is 24.0 Å². The first-order valence-corrected chi connectivity index (χ1v) is 11.8. The second-order valence-corrected chi connectivity index (χ2v) is 8.54. The van der Waals surface area contributed by atoms with Crippen molar-refractivity contribution in [3.05, 3.63) is 29.3 Å². The normalized spacial score (nSPS) is 17.3. The van der Waals surface area contributed by atoms with Gasteiger partial charge in [-0.05, 0) is 50.3 Å². The number of carbonyl (C=O) groups excluding carboxylic acids is 1. The lowest BCUT2D eigenvalue weighted by atomic mass is 9.84. The summed E-state index contributed by atoms with van der Waals surface area (Å²) in [6.45, 7) is 11.1. The van der Waals surface area contributed by atoms with Crippen molar-refractivity contribution in [2.24, 2.45) is 10.9 Å². The van der Waals surface area contributed by atoms with Gasteiger partial charge < -0.3 is 20.3 Å². The van der Waals surface area contributed by atoms with Crippen molar-refractivity contribution in [1.82, 2.24) is 20.4 Å². The van der Waals surface area contributed by atoms with Crippen molar-refractivity contribution in [2.45, 2.75) is 39.5 Å². The molecule has 32 heavy (non-hydrogen) atoms. The van der Waals surface area contributed by atoms with Crippen molar-refractivity contribution in [3.63, 3.8) is 0 Å². The summed E-state index contributed by atoms with van der Waals surface area (Å²) in [5.74, 6) is 2.49. The first-order valence-electron chi connectivity index (χ1n) is 11.8. The molecule has 1 aliphatic carbocycles. The van der Waals surface area contributed by atoms with E-state index in [4.69, 9.17) is 9.73 Å². The van der Waals surface area contributed by atoms with Crippen molar-refractivity contribution < 1.29 is 9.53 Å². The molecule has 1 aromatic rings. The molecular weight excluding hydrogens is 517 g/mol. The number of methoxy groups -OCH3 is 1. The lowest BCUT2D eigenvalue weighted by Crippen LogP contribution is -2.51. The van der Waals surface area contributed by atoms with Crippen LogP contribution in [0, 0.1) is 12.8 Å². The standard InChI is InChI=1S/C24H39N5O2.HI/c1-4-25-24(26-11-10-20-9-8-19(2)22(18-20)31-3)27-12-13-28-14-16-29(17-15-28)23(30)21-6-5-7-21;/h8-9,18,21H,4-7,10-17H2,1-3H3,(H2,25,26,27);1H. The van der Waals surface area contributed by atoms with Gasteiger partial charge in [0.05, 0.1) is 13.7 Å². The van der Waals surface area contributed by atoms with E-state index in [9.17, 15) is 4.79 Å². The lowest BCUT2D eigenvalue weighted by Gasteiger charge is -2.38. The van der Waals surface area contributed by atoms with E-state index in [0.29, 0.717) is 11.8 Å². The first kappa shape index (κ1) is 26.7. The number of ether oxygens (including phenoxy) is 1. The number of guanidine groups is 1. The molecule has 2 aliphatic rings. The fraction of sp³-hybridized carbons (Fsp3) is 0.667. The highest BCUT2D eigenvalue weighted by atomic mass is 127. The largest absolute Gasteiger partial charge is 0.496 e. The molecule has 1 saturated heterocycles. The summed E-state index contributed by atoms with van der Waals surface area (Å²) in [6.07, 6.45) is 4.31. The summed E-state index contributed by atoms with van der Waals surface area (Å²) in [4.78, 5) is 21.6. The van der Waals surface area contributed by atoms with E-state index in [0.717, 1.165) is 88.9 Å². The minimum atomic E-state index is 0. The number of aryl methyl sites for hydroxylation is 1. The topological polar surface area (TPSA) is 69.2 Å². The molecule has 1 aromatic carbocycles. The van der Waals surface area contributed by atoms with E-state index in [1.807, 2.05) is 0 Å². The molecule has 0 aromatic heterocycles. The molecule has 0 atom stereocenters. The third kappa shape index (κ3) is 7.79. The Bertz CT molecular complexity index is 746. The molecule has 0 radical (unpaired) electrons. The number of amides is 1. The second-order valence-electron chi connectivity index (χ2n) is 8.54. The minimum absolute atomic E-state index is 0. The number of carbonyl (C=O) groups is 1. The van der Waals surface area contributed by atoms with Crippen molar-refractivity contribution in [3.8, 4) is 5.75 Å². The molecule has 180 valence electrons. The van der Waals surface area contributed by atoms with E-state index in [1.54, 1.807) is 7.11 Å². The molecule has 8 heteroatoms. The van der Waals surface area contributed by atoms with Crippen LogP contribution < -0.4 is 15.4 Å². The monoisotopic (exact) mass is 557 g/mol. The highest BCUT2D eigenvalue weighted by Gasteiger charge is 2.30. The van der Waals surface area contributed by atoms with Gasteiger partial charge in [0.25, 0.3) is 0 Å². The van der Waals surface area contributed by atoms with E-state index in [-0.39, 0.29) is 24.0 Å². The third-order valence-corrected chi connectivity index (χ3v) is 6.35. The van der Waals surface area contributed by atoms with Gasteiger partial charge in [0.15, 0.2) is 5.96 Å². The van der Waals surface area contributed by atoms with Gasteiger partial charge in [0, 0.05) is 51.7 Å². The van der Waals surface area contributed by atoms with Crippen LogP contribution in [0.15, 0.2) is 23.2 Å². The van der Waals surface area contributed by atoms with Crippen LogP contribution in [0.5, 0.6) is 5.75 Å². The maximum absolute atomic E-state index is 12.4. The van der Waals surface area contributed by atoms with Crippen LogP contribution in [0.1, 0.15) is 37.3 Å². The fourth-order valence-corrected chi connectivity index (χ4v) is 4.10.